The van der Waals surface area contributed by atoms with Crippen molar-refractivity contribution in [3.05, 3.63) is 65.0 Å². The van der Waals surface area contributed by atoms with Gasteiger partial charge in [0.05, 0.1) is 13.0 Å². The van der Waals surface area contributed by atoms with Crippen LogP contribution >= 0.6 is 0 Å². The Bertz CT molecular complexity index is 1140. The highest BCUT2D eigenvalue weighted by Gasteiger charge is 2.39. The van der Waals surface area contributed by atoms with Gasteiger partial charge >= 0.3 is 12.1 Å². The summed E-state index contributed by atoms with van der Waals surface area (Å²) in [4.78, 5) is 27.7. The molecule has 1 amide bonds. The van der Waals surface area contributed by atoms with Crippen LogP contribution in [-0.4, -0.2) is 48.4 Å². The van der Waals surface area contributed by atoms with E-state index in [1.54, 1.807) is 11.0 Å². The van der Waals surface area contributed by atoms with Crippen LogP contribution in [0.15, 0.2) is 42.5 Å². The van der Waals surface area contributed by atoms with Crippen LogP contribution in [0.5, 0.6) is 5.75 Å². The Balaban J connectivity index is 1.68. The molecule has 0 spiro atoms. The molecule has 2 aromatic rings. The summed E-state index contributed by atoms with van der Waals surface area (Å²) in [6, 6.07) is 12.7. The van der Waals surface area contributed by atoms with E-state index in [1.165, 1.54) is 19.2 Å². The molecule has 1 N–H and O–H groups in total. The number of hydrogen-bond acceptors (Lipinski definition) is 6. The van der Waals surface area contributed by atoms with Crippen LogP contribution in [0.2, 0.25) is 0 Å². The Hall–Kier alpha value is -3.13. The number of hydrogen-bond donors (Lipinski definition) is 1. The lowest BCUT2D eigenvalue weighted by molar-refractivity contribution is -0.161. The first kappa shape index (κ1) is 30.4. The van der Waals surface area contributed by atoms with Gasteiger partial charge in [0.1, 0.15) is 22.8 Å². The number of amides is 1. The first-order valence-electron chi connectivity index (χ1n) is 13.6. The zero-order chi connectivity index (χ0) is 28.8. The van der Waals surface area contributed by atoms with Crippen molar-refractivity contribution in [1.29, 1.82) is 0 Å². The molecule has 7 nitrogen and oxygen atoms in total. The van der Waals surface area contributed by atoms with Gasteiger partial charge in [-0.15, -0.1) is 0 Å². The van der Waals surface area contributed by atoms with Crippen molar-refractivity contribution in [1.82, 2.24) is 10.2 Å². The molecular formula is C31H43FN2O5. The van der Waals surface area contributed by atoms with Gasteiger partial charge in [-0.25, -0.2) is 9.18 Å². The minimum Gasteiger partial charge on any atom is -0.497 e. The Morgan fingerprint density at radius 1 is 0.974 bits per heavy atom. The number of ether oxygens (including phenoxy) is 3. The standard InChI is InChI=1S/C31H43FN2O5/c1-30(2,3)38-28(35)27(24-11-12-34(20-24)29(36)39-31(4,5)6)16-21-9-8-10-22(13-21)18-33-19-23-14-25(32)17-26(15-23)37-7/h8-10,13-15,17,24,27,33H,11-12,16,18-20H2,1-7H3/t24-,27-/m0/s1. The summed E-state index contributed by atoms with van der Waals surface area (Å²) in [5.74, 6) is -0.517. The molecule has 39 heavy (non-hydrogen) atoms. The first-order chi connectivity index (χ1) is 18.2. The molecule has 1 heterocycles. The van der Waals surface area contributed by atoms with Crippen LogP contribution in [0.25, 0.3) is 0 Å². The lowest BCUT2D eigenvalue weighted by Crippen LogP contribution is -2.38. The van der Waals surface area contributed by atoms with Gasteiger partial charge in [-0.05, 0) is 89.1 Å². The molecule has 1 fully saturated rings. The normalized spacial score (nSPS) is 16.6. The van der Waals surface area contributed by atoms with E-state index in [2.05, 4.69) is 11.4 Å². The molecule has 214 valence electrons. The molecule has 8 heteroatoms. The van der Waals surface area contributed by atoms with E-state index in [0.29, 0.717) is 44.8 Å². The van der Waals surface area contributed by atoms with Crippen molar-refractivity contribution in [2.45, 2.75) is 78.7 Å². The van der Waals surface area contributed by atoms with Crippen molar-refractivity contribution >= 4 is 12.1 Å². The number of rotatable bonds is 9. The third kappa shape index (κ3) is 9.84. The molecule has 2 aromatic carbocycles. The second-order valence-corrected chi connectivity index (χ2v) is 12.2. The number of nitrogens with one attached hydrogen (secondary N) is 1. The molecule has 2 atom stereocenters. The average molecular weight is 543 g/mol. The van der Waals surface area contributed by atoms with Gasteiger partial charge < -0.3 is 24.4 Å². The predicted molar refractivity (Wildman–Crippen MR) is 149 cm³/mol. The molecule has 0 radical (unpaired) electrons. The SMILES string of the molecule is COc1cc(F)cc(CNCc2cccc(C[C@H](C(=O)OC(C)(C)C)[C@H]3CCN(C(=O)OC(C)(C)C)C3)c2)c1. The summed E-state index contributed by atoms with van der Waals surface area (Å²) in [7, 11) is 1.52. The molecule has 1 aliphatic rings. The quantitative estimate of drug-likeness (QED) is 0.399. The zero-order valence-corrected chi connectivity index (χ0v) is 24.3. The maximum absolute atomic E-state index is 13.8. The van der Waals surface area contributed by atoms with Crippen molar-refractivity contribution < 1.29 is 28.2 Å². The number of esters is 1. The third-order valence-electron chi connectivity index (χ3n) is 6.43. The summed E-state index contributed by atoms with van der Waals surface area (Å²) in [6.45, 7) is 13.2. The van der Waals surface area contributed by atoms with E-state index >= 15 is 0 Å². The van der Waals surface area contributed by atoms with Crippen LogP contribution in [0.4, 0.5) is 9.18 Å². The van der Waals surface area contributed by atoms with Crippen molar-refractivity contribution in [2.75, 3.05) is 20.2 Å². The van der Waals surface area contributed by atoms with E-state index in [1.807, 2.05) is 59.7 Å². The molecule has 3 rings (SSSR count). The molecule has 1 saturated heterocycles. The van der Waals surface area contributed by atoms with Crippen molar-refractivity contribution in [2.24, 2.45) is 11.8 Å². The largest absolute Gasteiger partial charge is 0.497 e. The van der Waals surface area contributed by atoms with Crippen LogP contribution < -0.4 is 10.1 Å². The van der Waals surface area contributed by atoms with E-state index in [4.69, 9.17) is 14.2 Å². The topological polar surface area (TPSA) is 77.1 Å². The van der Waals surface area contributed by atoms with Gasteiger partial charge in [-0.3, -0.25) is 4.79 Å². The third-order valence-corrected chi connectivity index (χ3v) is 6.43. The van der Waals surface area contributed by atoms with Gasteiger partial charge in [-0.1, -0.05) is 24.3 Å². The number of likely N-dealkylation sites (tertiary alicyclic amines) is 1. The smallest absolute Gasteiger partial charge is 0.410 e. The van der Waals surface area contributed by atoms with Crippen LogP contribution in [0.1, 0.15) is 64.7 Å². The monoisotopic (exact) mass is 542 g/mol. The van der Waals surface area contributed by atoms with E-state index < -0.39 is 11.2 Å². The molecule has 0 saturated carbocycles. The minimum atomic E-state index is -0.607. The lowest BCUT2D eigenvalue weighted by Gasteiger charge is -2.28. The Labute approximate surface area is 232 Å². The molecule has 0 aliphatic carbocycles. The number of carbonyl (C=O) groups is 2. The summed E-state index contributed by atoms with van der Waals surface area (Å²) < 4.78 is 30.3. The summed E-state index contributed by atoms with van der Waals surface area (Å²) in [6.07, 6.45) is 0.870. The van der Waals surface area contributed by atoms with Gasteiger partial charge in [-0.2, -0.15) is 0 Å². The maximum atomic E-state index is 13.8. The van der Waals surface area contributed by atoms with Gasteiger partial charge in [0.2, 0.25) is 0 Å². The second-order valence-electron chi connectivity index (χ2n) is 12.2. The fraction of sp³-hybridized carbons (Fsp3) is 0.548. The average Bonchev–Trinajstić information content (AvgIpc) is 3.30. The number of halogens is 1. The van der Waals surface area contributed by atoms with Crippen molar-refractivity contribution in [3.8, 4) is 5.75 Å². The van der Waals surface area contributed by atoms with Gasteiger partial charge in [0, 0.05) is 32.2 Å². The van der Waals surface area contributed by atoms with E-state index in [-0.39, 0.29) is 29.7 Å². The summed E-state index contributed by atoms with van der Waals surface area (Å²) in [5.41, 5.74) is 1.69. The van der Waals surface area contributed by atoms with Crippen LogP contribution in [-0.2, 0) is 33.8 Å². The van der Waals surface area contributed by atoms with Crippen LogP contribution in [0, 0.1) is 17.7 Å². The fourth-order valence-electron chi connectivity index (χ4n) is 4.74. The van der Waals surface area contributed by atoms with Gasteiger partial charge in [0.15, 0.2) is 0 Å². The molecule has 0 aromatic heterocycles. The summed E-state index contributed by atoms with van der Waals surface area (Å²) in [5, 5.41) is 3.35. The first-order valence-corrected chi connectivity index (χ1v) is 13.6. The number of benzene rings is 2. The molecule has 0 unspecified atom stereocenters. The van der Waals surface area contributed by atoms with Gasteiger partial charge in [0.25, 0.3) is 0 Å². The maximum Gasteiger partial charge on any atom is 0.410 e. The van der Waals surface area contributed by atoms with Crippen molar-refractivity contribution in [3.63, 3.8) is 0 Å². The van der Waals surface area contributed by atoms with Crippen LogP contribution in [0.3, 0.4) is 0 Å². The highest BCUT2D eigenvalue weighted by atomic mass is 19.1. The number of methoxy groups -OCH3 is 1. The highest BCUT2D eigenvalue weighted by Crippen LogP contribution is 2.31. The second kappa shape index (κ2) is 12.8. The fourth-order valence-corrected chi connectivity index (χ4v) is 4.74. The highest BCUT2D eigenvalue weighted by molar-refractivity contribution is 5.74. The zero-order valence-electron chi connectivity index (χ0n) is 24.3. The molecular weight excluding hydrogens is 499 g/mol. The minimum absolute atomic E-state index is 0.0305. The number of nitrogens with zero attached hydrogens (tertiary/aromatic N) is 1. The molecule has 0 bridgehead atoms. The lowest BCUT2D eigenvalue weighted by atomic mass is 9.85. The van der Waals surface area contributed by atoms with E-state index in [9.17, 15) is 14.0 Å². The Morgan fingerprint density at radius 3 is 2.31 bits per heavy atom. The predicted octanol–water partition coefficient (Wildman–Crippen LogP) is 5.88. The Morgan fingerprint density at radius 2 is 1.64 bits per heavy atom. The number of carbonyl (C=O) groups excluding carboxylic acids is 2. The Kier molecular flexibility index (Phi) is 9.99. The summed E-state index contributed by atoms with van der Waals surface area (Å²) >= 11 is 0. The molecule has 1 aliphatic heterocycles. The van der Waals surface area contributed by atoms with E-state index in [0.717, 1.165) is 16.7 Å².